The number of allylic oxidation sites excluding steroid dienone is 1. The van der Waals surface area contributed by atoms with Crippen molar-refractivity contribution in [1.82, 2.24) is 4.90 Å². The molecule has 0 heterocycles. The summed E-state index contributed by atoms with van der Waals surface area (Å²) in [6.45, 7) is 13.1. The molecule has 0 N–H and O–H groups in total. The van der Waals surface area contributed by atoms with Gasteiger partial charge in [-0.15, -0.1) is 6.58 Å². The van der Waals surface area contributed by atoms with Crippen molar-refractivity contribution in [2.75, 3.05) is 71.2 Å². The summed E-state index contributed by atoms with van der Waals surface area (Å²) in [5.41, 5.74) is 0. The number of carbonyl (C=O) groups excluding carboxylic acids is 3. The molecule has 0 saturated carbocycles. The summed E-state index contributed by atoms with van der Waals surface area (Å²) in [7, 11) is 5.71. The highest BCUT2D eigenvalue weighted by atomic mass is 33.1. The van der Waals surface area contributed by atoms with Gasteiger partial charge >= 0.3 is 11.9 Å². The van der Waals surface area contributed by atoms with E-state index in [4.69, 9.17) is 14.2 Å². The molecule has 394 valence electrons. The molecule has 0 aliphatic rings. The molecule has 0 bridgehead atoms. The first kappa shape index (κ1) is 65.6. The lowest BCUT2D eigenvalue weighted by Crippen LogP contribution is -2.25. The third kappa shape index (κ3) is 53.8. The first-order valence-electron chi connectivity index (χ1n) is 28.4. The molecule has 0 unspecified atom stereocenters. The van der Waals surface area contributed by atoms with Crippen LogP contribution >= 0.6 is 21.6 Å². The first-order chi connectivity index (χ1) is 32.9. The second kappa shape index (κ2) is 55.6. The van der Waals surface area contributed by atoms with Gasteiger partial charge in [0.15, 0.2) is 18.5 Å². The van der Waals surface area contributed by atoms with Crippen LogP contribution in [0.4, 0.5) is 0 Å². The molecule has 0 radical (unpaired) electrons. The summed E-state index contributed by atoms with van der Waals surface area (Å²) in [4.78, 5) is 39.9. The quantitative estimate of drug-likeness (QED) is 0.0148. The number of ether oxygens (including phenoxy) is 3. The Morgan fingerprint density at radius 3 is 1.39 bits per heavy atom. The number of nitrogens with zero attached hydrogens (tertiary/aromatic N) is 2. The number of esters is 2. The molecule has 0 aliphatic carbocycles. The van der Waals surface area contributed by atoms with E-state index in [1.54, 1.807) is 0 Å². The Bertz CT molecular complexity index is 1120. The molecule has 0 aromatic carbocycles. The molecule has 10 heteroatoms. The average molecular weight is 983 g/mol. The highest BCUT2D eigenvalue weighted by molar-refractivity contribution is 8.76. The van der Waals surface area contributed by atoms with Crippen LogP contribution in [0.3, 0.4) is 0 Å². The Kier molecular flexibility index (Phi) is 54.4. The lowest BCUT2D eigenvalue weighted by atomic mass is 10.1. The molecule has 8 nitrogen and oxygen atoms in total. The molecule has 0 spiro atoms. The SMILES string of the molecule is C=CCCCCCCCCCCCCOCC(=O)CC[N+](=CCC(=O)OCCCCCCCCCCCCCC)CCSSCCN(C)CCC(=O)OCCCCCCCCCCCCCC. The van der Waals surface area contributed by atoms with Gasteiger partial charge in [0.25, 0.3) is 0 Å². The number of carbonyl (C=O) groups is 3. The fourth-order valence-corrected chi connectivity index (χ4v) is 10.3. The number of unbranched alkanes of at least 4 members (excludes halogenated alkanes) is 32. The smallest absolute Gasteiger partial charge is 0.315 e. The van der Waals surface area contributed by atoms with E-state index in [1.165, 1.54) is 180 Å². The van der Waals surface area contributed by atoms with Crippen LogP contribution < -0.4 is 0 Å². The van der Waals surface area contributed by atoms with Crippen molar-refractivity contribution in [2.45, 2.75) is 258 Å². The van der Waals surface area contributed by atoms with Crippen molar-refractivity contribution in [3.63, 3.8) is 0 Å². The fraction of sp³-hybridized carbons (Fsp3) is 0.895. The Labute approximate surface area is 423 Å². The predicted octanol–water partition coefficient (Wildman–Crippen LogP) is 16.1. The summed E-state index contributed by atoms with van der Waals surface area (Å²) < 4.78 is 19.0. The van der Waals surface area contributed by atoms with E-state index in [2.05, 4.69) is 36.9 Å². The molecular formula is C57H109N2O6S2+. The van der Waals surface area contributed by atoms with Gasteiger partial charge in [0.1, 0.15) is 19.6 Å². The van der Waals surface area contributed by atoms with Crippen molar-refractivity contribution in [2.24, 2.45) is 0 Å². The maximum absolute atomic E-state index is 12.8. The second-order valence-electron chi connectivity index (χ2n) is 19.3. The minimum Gasteiger partial charge on any atom is -0.466 e. The van der Waals surface area contributed by atoms with Gasteiger partial charge in [0.05, 0.1) is 31.8 Å². The Morgan fingerprint density at radius 2 is 0.910 bits per heavy atom. The maximum atomic E-state index is 12.8. The van der Waals surface area contributed by atoms with E-state index in [1.807, 2.05) is 33.9 Å². The third-order valence-corrected chi connectivity index (χ3v) is 15.1. The van der Waals surface area contributed by atoms with E-state index < -0.39 is 0 Å². The zero-order valence-electron chi connectivity index (χ0n) is 44.5. The molecule has 0 saturated heterocycles. The number of rotatable bonds is 56. The average Bonchev–Trinajstić information content (AvgIpc) is 3.33. The number of hydrogen-bond acceptors (Lipinski definition) is 9. The van der Waals surface area contributed by atoms with Gasteiger partial charge in [-0.1, -0.05) is 234 Å². The molecule has 0 aromatic heterocycles. The summed E-state index contributed by atoms with van der Waals surface area (Å²) in [6.07, 6.45) is 49.8. The molecule has 67 heavy (non-hydrogen) atoms. The van der Waals surface area contributed by atoms with Crippen LogP contribution in [0.25, 0.3) is 0 Å². The van der Waals surface area contributed by atoms with Gasteiger partial charge in [0, 0.05) is 25.4 Å². The fourth-order valence-electron chi connectivity index (χ4n) is 8.18. The predicted molar refractivity (Wildman–Crippen MR) is 293 cm³/mol. The number of hydrogen-bond donors (Lipinski definition) is 0. The molecular weight excluding hydrogens is 873 g/mol. The van der Waals surface area contributed by atoms with Crippen LogP contribution in [-0.2, 0) is 28.6 Å². The molecule has 0 amide bonds. The monoisotopic (exact) mass is 982 g/mol. The highest BCUT2D eigenvalue weighted by Gasteiger charge is 2.13. The molecule has 0 rings (SSSR count). The topological polar surface area (TPSA) is 85.2 Å². The molecule has 0 aliphatic heterocycles. The van der Waals surface area contributed by atoms with E-state index in [0.717, 1.165) is 69.5 Å². The summed E-state index contributed by atoms with van der Waals surface area (Å²) in [5, 5.41) is 0. The van der Waals surface area contributed by atoms with Gasteiger partial charge in [-0.05, 0) is 39.2 Å². The van der Waals surface area contributed by atoms with Crippen LogP contribution in [0.5, 0.6) is 0 Å². The van der Waals surface area contributed by atoms with Crippen LogP contribution in [0.2, 0.25) is 0 Å². The van der Waals surface area contributed by atoms with Crippen molar-refractivity contribution in [3.8, 4) is 0 Å². The first-order valence-corrected chi connectivity index (χ1v) is 30.9. The minimum atomic E-state index is -0.194. The van der Waals surface area contributed by atoms with E-state index in [9.17, 15) is 14.4 Å². The molecule has 0 aromatic rings. The third-order valence-electron chi connectivity index (χ3n) is 12.7. The van der Waals surface area contributed by atoms with E-state index in [0.29, 0.717) is 45.8 Å². The largest absolute Gasteiger partial charge is 0.466 e. The van der Waals surface area contributed by atoms with Crippen LogP contribution in [-0.4, -0.2) is 105 Å². The normalized spacial score (nSPS) is 11.7. The molecule has 0 fully saturated rings. The highest BCUT2D eigenvalue weighted by Crippen LogP contribution is 2.21. The Balaban J connectivity index is 4.36. The second-order valence-corrected chi connectivity index (χ2v) is 22.0. The van der Waals surface area contributed by atoms with Crippen molar-refractivity contribution in [3.05, 3.63) is 12.7 Å². The molecule has 0 atom stereocenters. The Hall–Kier alpha value is -1.36. The maximum Gasteiger partial charge on any atom is 0.315 e. The lowest BCUT2D eigenvalue weighted by molar-refractivity contribution is -0.518. The lowest BCUT2D eigenvalue weighted by Gasteiger charge is -2.15. The van der Waals surface area contributed by atoms with Crippen molar-refractivity contribution in [1.29, 1.82) is 0 Å². The zero-order valence-corrected chi connectivity index (χ0v) is 46.1. The standard InChI is InChI=1S/C57H109N2O6S2/c1-5-8-11-14-17-20-23-26-29-32-35-38-49-63-54-55(60)41-45-59(46-43-57(62)65-51-40-37-34-31-28-25-22-19-16-13-10-7-3)48-53-67-66-52-47-58(4)44-42-56(61)64-50-39-36-33-30-27-24-21-18-15-12-9-6-2/h5,46H,1,6-45,47-54H2,2-4H3/q+1. The minimum absolute atomic E-state index is 0.0932. The van der Waals surface area contributed by atoms with Crippen LogP contribution in [0.15, 0.2) is 12.7 Å². The number of Topliss-reactive ketones (excluding diaryl/α,β-unsaturated/α-hetero) is 1. The van der Waals surface area contributed by atoms with Crippen LogP contribution in [0, 0.1) is 0 Å². The van der Waals surface area contributed by atoms with Gasteiger partial charge in [0.2, 0.25) is 0 Å². The van der Waals surface area contributed by atoms with Crippen molar-refractivity contribution < 1.29 is 33.2 Å². The van der Waals surface area contributed by atoms with Gasteiger partial charge < -0.3 is 19.1 Å². The van der Waals surface area contributed by atoms with Crippen molar-refractivity contribution >= 4 is 45.5 Å². The van der Waals surface area contributed by atoms with Crippen LogP contribution in [0.1, 0.15) is 258 Å². The summed E-state index contributed by atoms with van der Waals surface area (Å²) in [6, 6.07) is 0. The van der Waals surface area contributed by atoms with E-state index in [-0.39, 0.29) is 30.7 Å². The number of ketones is 1. The van der Waals surface area contributed by atoms with Gasteiger partial charge in [-0.25, -0.2) is 4.58 Å². The summed E-state index contributed by atoms with van der Waals surface area (Å²) in [5.74, 6) is 1.66. The van der Waals surface area contributed by atoms with Gasteiger partial charge in [-0.3, -0.25) is 14.4 Å². The van der Waals surface area contributed by atoms with E-state index >= 15 is 0 Å². The zero-order chi connectivity index (χ0) is 48.8. The summed E-state index contributed by atoms with van der Waals surface area (Å²) >= 11 is 0. The van der Waals surface area contributed by atoms with Gasteiger partial charge in [-0.2, -0.15) is 0 Å². The Morgan fingerprint density at radius 1 is 0.493 bits per heavy atom.